The van der Waals surface area contributed by atoms with Gasteiger partial charge in [-0.15, -0.1) is 0 Å². The van der Waals surface area contributed by atoms with Crippen LogP contribution in [-0.4, -0.2) is 43.6 Å². The first kappa shape index (κ1) is 13.9. The molecule has 0 unspecified atom stereocenters. The van der Waals surface area contributed by atoms with E-state index in [-0.39, 0.29) is 6.61 Å². The van der Waals surface area contributed by atoms with Crippen LogP contribution >= 0.6 is 0 Å². The molecule has 0 saturated heterocycles. The lowest BCUT2D eigenvalue weighted by molar-refractivity contribution is 0.255. The minimum absolute atomic E-state index is 0.108. The summed E-state index contributed by atoms with van der Waals surface area (Å²) in [6, 6.07) is 9.71. The van der Waals surface area contributed by atoms with Crippen LogP contribution in [0, 0.1) is 0 Å². The molecule has 0 spiro atoms. The van der Waals surface area contributed by atoms with Gasteiger partial charge in [-0.2, -0.15) is 0 Å². The third-order valence-corrected chi connectivity index (χ3v) is 2.11. The van der Waals surface area contributed by atoms with E-state index in [0.717, 1.165) is 5.56 Å². The predicted octanol–water partition coefficient (Wildman–Crippen LogP) is 0.318. The molecule has 0 aliphatic rings. The first-order valence-corrected chi connectivity index (χ1v) is 5.67. The first-order chi connectivity index (χ1) is 8.33. The number of hydrogen-bond acceptors (Lipinski definition) is 4. The fraction of sp³-hybridized carbons (Fsp3) is 0.333. The van der Waals surface area contributed by atoms with E-state index in [2.05, 4.69) is 5.32 Å². The number of hydrogen-bond donors (Lipinski definition) is 3. The van der Waals surface area contributed by atoms with E-state index in [4.69, 9.17) is 9.76 Å². The second-order valence-corrected chi connectivity index (χ2v) is 3.50. The summed E-state index contributed by atoms with van der Waals surface area (Å²) >= 11 is 0. The van der Waals surface area contributed by atoms with Crippen molar-refractivity contribution in [2.75, 3.05) is 26.3 Å². The fourth-order valence-electron chi connectivity index (χ4n) is 1.27. The Bertz CT molecular complexity index is 319. The van der Waals surface area contributed by atoms with Crippen molar-refractivity contribution in [1.82, 2.24) is 5.32 Å². The standard InChI is InChI=1S/C12H18BNO3/c15-10-8-14-9-11-17-13(16)7-6-12-4-2-1-3-5-12/h1-7,14-16H,8-11H2. The van der Waals surface area contributed by atoms with Gasteiger partial charge in [0.05, 0.1) is 6.61 Å². The maximum Gasteiger partial charge on any atom is 0.483 e. The minimum Gasteiger partial charge on any atom is -0.423 e. The molecule has 0 bridgehead atoms. The van der Waals surface area contributed by atoms with Gasteiger partial charge in [0, 0.05) is 19.7 Å². The molecule has 0 fully saturated rings. The SMILES string of the molecule is OCCNCCOB(O)C=Cc1ccccc1. The quantitative estimate of drug-likeness (QED) is 0.448. The average Bonchev–Trinajstić information content (AvgIpc) is 2.37. The summed E-state index contributed by atoms with van der Waals surface area (Å²) in [7, 11) is -0.897. The van der Waals surface area contributed by atoms with Gasteiger partial charge < -0.3 is 20.1 Å². The molecule has 1 rings (SSSR count). The largest absolute Gasteiger partial charge is 0.483 e. The number of aliphatic hydroxyl groups is 1. The Morgan fingerprint density at radius 3 is 2.71 bits per heavy atom. The summed E-state index contributed by atoms with van der Waals surface area (Å²) in [6.45, 7) is 1.66. The summed E-state index contributed by atoms with van der Waals surface area (Å²) in [5, 5.41) is 21.0. The Morgan fingerprint density at radius 1 is 1.24 bits per heavy atom. The smallest absolute Gasteiger partial charge is 0.423 e. The lowest BCUT2D eigenvalue weighted by atomic mass is 9.89. The number of nitrogens with one attached hydrogen (secondary N) is 1. The third kappa shape index (κ3) is 6.91. The van der Waals surface area contributed by atoms with Crippen molar-refractivity contribution in [1.29, 1.82) is 0 Å². The molecule has 0 heterocycles. The van der Waals surface area contributed by atoms with Crippen LogP contribution in [0.5, 0.6) is 0 Å². The summed E-state index contributed by atoms with van der Waals surface area (Å²) in [5.41, 5.74) is 1.02. The van der Waals surface area contributed by atoms with Crippen molar-refractivity contribution in [2.24, 2.45) is 0 Å². The lowest BCUT2D eigenvalue weighted by Crippen LogP contribution is -2.26. The highest BCUT2D eigenvalue weighted by Crippen LogP contribution is 2.01. The van der Waals surface area contributed by atoms with Crippen molar-refractivity contribution < 1.29 is 14.8 Å². The maximum atomic E-state index is 9.48. The van der Waals surface area contributed by atoms with Crippen LogP contribution < -0.4 is 5.32 Å². The number of benzene rings is 1. The molecular weight excluding hydrogens is 217 g/mol. The normalized spacial score (nSPS) is 10.9. The summed E-state index contributed by atoms with van der Waals surface area (Å²) < 4.78 is 5.13. The van der Waals surface area contributed by atoms with Crippen molar-refractivity contribution in [3.05, 3.63) is 41.9 Å². The third-order valence-electron chi connectivity index (χ3n) is 2.11. The Hall–Kier alpha value is -1.14. The van der Waals surface area contributed by atoms with Crippen LogP contribution in [0.4, 0.5) is 0 Å². The molecule has 0 aliphatic carbocycles. The molecular formula is C12H18BNO3. The molecule has 0 atom stereocenters. The highest BCUT2D eigenvalue weighted by Gasteiger charge is 2.06. The Morgan fingerprint density at radius 2 is 2.00 bits per heavy atom. The van der Waals surface area contributed by atoms with Gasteiger partial charge in [-0.3, -0.25) is 0 Å². The van der Waals surface area contributed by atoms with Gasteiger partial charge in [0.1, 0.15) is 0 Å². The van der Waals surface area contributed by atoms with Gasteiger partial charge in [0.25, 0.3) is 0 Å². The molecule has 0 aliphatic heterocycles. The van der Waals surface area contributed by atoms with Crippen LogP contribution in [0.3, 0.4) is 0 Å². The van der Waals surface area contributed by atoms with Crippen LogP contribution in [-0.2, 0) is 4.65 Å². The predicted molar refractivity (Wildman–Crippen MR) is 69.4 cm³/mol. The van der Waals surface area contributed by atoms with Crippen molar-refractivity contribution in [3.63, 3.8) is 0 Å². The minimum atomic E-state index is -0.897. The molecule has 17 heavy (non-hydrogen) atoms. The zero-order valence-electron chi connectivity index (χ0n) is 9.75. The molecule has 0 aromatic heterocycles. The van der Waals surface area contributed by atoms with Crippen molar-refractivity contribution in [2.45, 2.75) is 0 Å². The first-order valence-electron chi connectivity index (χ1n) is 5.67. The highest BCUT2D eigenvalue weighted by atomic mass is 16.5. The zero-order chi connectivity index (χ0) is 12.3. The van der Waals surface area contributed by atoms with E-state index in [0.29, 0.717) is 19.7 Å². The van der Waals surface area contributed by atoms with Crippen LogP contribution in [0.15, 0.2) is 36.3 Å². The summed E-state index contributed by atoms with van der Waals surface area (Å²) in [4.78, 5) is 0. The zero-order valence-corrected chi connectivity index (χ0v) is 9.75. The Labute approximate surface area is 102 Å². The second kappa shape index (κ2) is 8.95. The fourth-order valence-corrected chi connectivity index (χ4v) is 1.27. The summed E-state index contributed by atoms with van der Waals surface area (Å²) in [5.74, 6) is 1.60. The second-order valence-electron chi connectivity index (χ2n) is 3.50. The molecule has 0 amide bonds. The molecule has 5 heteroatoms. The summed E-state index contributed by atoms with van der Waals surface area (Å²) in [6.07, 6.45) is 1.81. The van der Waals surface area contributed by atoms with Crippen LogP contribution in [0.2, 0.25) is 0 Å². The molecule has 1 aromatic rings. The van der Waals surface area contributed by atoms with Gasteiger partial charge in [0.2, 0.25) is 0 Å². The van der Waals surface area contributed by atoms with Crippen molar-refractivity contribution >= 4 is 13.2 Å². The number of rotatable bonds is 8. The van der Waals surface area contributed by atoms with Gasteiger partial charge in [-0.25, -0.2) is 0 Å². The Kier molecular flexibility index (Phi) is 7.34. The molecule has 1 aromatic carbocycles. The van der Waals surface area contributed by atoms with E-state index in [1.807, 2.05) is 36.4 Å². The van der Waals surface area contributed by atoms with Gasteiger partial charge in [0.15, 0.2) is 0 Å². The molecule has 92 valence electrons. The topological polar surface area (TPSA) is 61.7 Å². The molecule has 4 nitrogen and oxygen atoms in total. The lowest BCUT2D eigenvalue weighted by Gasteiger charge is -2.05. The highest BCUT2D eigenvalue weighted by molar-refractivity contribution is 6.50. The van der Waals surface area contributed by atoms with E-state index in [9.17, 15) is 5.02 Å². The maximum absolute atomic E-state index is 9.48. The average molecular weight is 235 g/mol. The van der Waals surface area contributed by atoms with E-state index in [1.165, 1.54) is 0 Å². The van der Waals surface area contributed by atoms with E-state index < -0.39 is 7.12 Å². The monoisotopic (exact) mass is 235 g/mol. The Balaban J connectivity index is 2.16. The molecule has 0 saturated carbocycles. The van der Waals surface area contributed by atoms with Crippen LogP contribution in [0.25, 0.3) is 6.08 Å². The van der Waals surface area contributed by atoms with Gasteiger partial charge in [-0.05, 0) is 5.56 Å². The van der Waals surface area contributed by atoms with Gasteiger partial charge >= 0.3 is 7.12 Å². The van der Waals surface area contributed by atoms with Crippen molar-refractivity contribution in [3.8, 4) is 0 Å². The van der Waals surface area contributed by atoms with E-state index in [1.54, 1.807) is 5.98 Å². The van der Waals surface area contributed by atoms with E-state index >= 15 is 0 Å². The molecule has 0 radical (unpaired) electrons. The molecule has 3 N–H and O–H groups in total. The number of aliphatic hydroxyl groups excluding tert-OH is 1. The van der Waals surface area contributed by atoms with Gasteiger partial charge in [-0.1, -0.05) is 42.4 Å². The van der Waals surface area contributed by atoms with Crippen LogP contribution in [0.1, 0.15) is 5.56 Å².